The maximum Gasteiger partial charge on any atom is 0.228 e. The van der Waals surface area contributed by atoms with Crippen molar-refractivity contribution >= 4 is 11.6 Å². The minimum absolute atomic E-state index is 0.118. The number of nitrogens with zero attached hydrogens (tertiary/aromatic N) is 3. The monoisotopic (exact) mass is 285 g/mol. The summed E-state index contributed by atoms with van der Waals surface area (Å²) in [5, 5.41) is 0. The lowest BCUT2D eigenvalue weighted by molar-refractivity contribution is -0.130. The fraction of sp³-hybridized carbons (Fsp3) is 0.375. The van der Waals surface area contributed by atoms with Crippen LogP contribution in [0.5, 0.6) is 0 Å². The molecule has 5 nitrogen and oxygen atoms in total. The van der Waals surface area contributed by atoms with E-state index in [0.717, 1.165) is 26.2 Å². The predicted molar refractivity (Wildman–Crippen MR) is 80.2 cm³/mol. The Morgan fingerprint density at radius 3 is 2.76 bits per heavy atom. The molecule has 0 spiro atoms. The Bertz CT molecular complexity index is 602. The highest BCUT2D eigenvalue weighted by molar-refractivity contribution is 5.78. The number of carbonyl (C=O) groups excluding carboxylic acids is 1. The van der Waals surface area contributed by atoms with Gasteiger partial charge in [-0.1, -0.05) is 12.1 Å². The maximum atomic E-state index is 12.2. The van der Waals surface area contributed by atoms with E-state index in [-0.39, 0.29) is 5.91 Å². The molecule has 3 rings (SSSR count). The molecule has 0 aliphatic carbocycles. The maximum absolute atomic E-state index is 12.2. The first-order chi connectivity index (χ1) is 10.2. The van der Waals surface area contributed by atoms with Gasteiger partial charge in [0.25, 0.3) is 0 Å². The summed E-state index contributed by atoms with van der Waals surface area (Å²) in [6.07, 6.45) is 3.21. The summed E-state index contributed by atoms with van der Waals surface area (Å²) in [5.41, 5.74) is 3.19. The summed E-state index contributed by atoms with van der Waals surface area (Å²) in [4.78, 5) is 20.4. The van der Waals surface area contributed by atoms with Crippen LogP contribution in [0.25, 0.3) is 0 Å². The first-order valence-electron chi connectivity index (χ1n) is 7.19. The first-order valence-corrected chi connectivity index (χ1v) is 7.19. The Morgan fingerprint density at radius 1 is 1.29 bits per heavy atom. The van der Waals surface area contributed by atoms with Crippen LogP contribution in [0.15, 0.2) is 41.3 Å². The van der Waals surface area contributed by atoms with Gasteiger partial charge in [0.1, 0.15) is 6.26 Å². The van der Waals surface area contributed by atoms with Gasteiger partial charge >= 0.3 is 0 Å². The number of hydrogen-bond donors (Lipinski definition) is 0. The van der Waals surface area contributed by atoms with Crippen molar-refractivity contribution < 1.29 is 9.21 Å². The van der Waals surface area contributed by atoms with Gasteiger partial charge in [0.05, 0.1) is 12.1 Å². The van der Waals surface area contributed by atoms with Crippen molar-refractivity contribution in [3.05, 3.63) is 48.2 Å². The van der Waals surface area contributed by atoms with Crippen molar-refractivity contribution in [2.45, 2.75) is 13.3 Å². The molecule has 0 radical (unpaired) electrons. The van der Waals surface area contributed by atoms with E-state index in [0.29, 0.717) is 12.1 Å². The quantitative estimate of drug-likeness (QED) is 0.864. The van der Waals surface area contributed by atoms with Gasteiger partial charge in [-0.3, -0.25) is 4.79 Å². The van der Waals surface area contributed by atoms with Crippen LogP contribution in [0.2, 0.25) is 0 Å². The fourth-order valence-corrected chi connectivity index (χ4v) is 2.63. The van der Waals surface area contributed by atoms with Crippen LogP contribution in [0.4, 0.5) is 5.69 Å². The normalized spacial score (nSPS) is 15.3. The summed E-state index contributed by atoms with van der Waals surface area (Å²) in [7, 11) is 0. The summed E-state index contributed by atoms with van der Waals surface area (Å²) in [6, 6.07) is 8.49. The van der Waals surface area contributed by atoms with E-state index in [1.807, 2.05) is 4.90 Å². The molecule has 0 N–H and O–H groups in total. The van der Waals surface area contributed by atoms with Gasteiger partial charge in [-0.05, 0) is 24.6 Å². The van der Waals surface area contributed by atoms with Crippen LogP contribution in [0.1, 0.15) is 11.3 Å². The second kappa shape index (κ2) is 5.99. The zero-order valence-electron chi connectivity index (χ0n) is 12.2. The molecule has 1 aliphatic rings. The molecule has 1 aliphatic heterocycles. The number of carbonyl (C=O) groups is 1. The molecule has 1 fully saturated rings. The lowest BCUT2D eigenvalue weighted by Crippen LogP contribution is -2.49. The minimum Gasteiger partial charge on any atom is -0.451 e. The molecule has 5 heteroatoms. The predicted octanol–water partition coefficient (Wildman–Crippen LogP) is 1.87. The summed E-state index contributed by atoms with van der Waals surface area (Å²) >= 11 is 0. The van der Waals surface area contributed by atoms with E-state index in [4.69, 9.17) is 4.42 Å². The highest BCUT2D eigenvalue weighted by Gasteiger charge is 2.21. The van der Waals surface area contributed by atoms with Crippen LogP contribution >= 0.6 is 0 Å². The van der Waals surface area contributed by atoms with Gasteiger partial charge < -0.3 is 14.2 Å². The number of piperazine rings is 1. The van der Waals surface area contributed by atoms with E-state index >= 15 is 0 Å². The third-order valence-electron chi connectivity index (χ3n) is 3.81. The number of rotatable bonds is 3. The van der Waals surface area contributed by atoms with E-state index < -0.39 is 0 Å². The second-order valence-corrected chi connectivity index (χ2v) is 5.36. The van der Waals surface area contributed by atoms with Crippen LogP contribution in [-0.4, -0.2) is 42.0 Å². The van der Waals surface area contributed by atoms with Crippen molar-refractivity contribution in [2.24, 2.45) is 0 Å². The topological polar surface area (TPSA) is 49.6 Å². The Labute approximate surface area is 124 Å². The zero-order valence-corrected chi connectivity index (χ0v) is 12.2. The van der Waals surface area contributed by atoms with Gasteiger partial charge in [0, 0.05) is 31.9 Å². The molecule has 0 saturated carbocycles. The summed E-state index contributed by atoms with van der Waals surface area (Å²) in [5.74, 6) is 0.118. The third kappa shape index (κ3) is 3.24. The lowest BCUT2D eigenvalue weighted by Gasteiger charge is -2.36. The van der Waals surface area contributed by atoms with Crippen molar-refractivity contribution in [1.29, 1.82) is 0 Å². The molecule has 1 amide bonds. The first kappa shape index (κ1) is 13.7. The number of amides is 1. The largest absolute Gasteiger partial charge is 0.451 e. The van der Waals surface area contributed by atoms with Crippen molar-refractivity contribution in [3.63, 3.8) is 0 Å². The standard InChI is InChI=1S/C16H19N3O2/c1-13-3-2-4-15(9-13)18-5-7-19(8-6-18)16(20)10-14-11-21-12-17-14/h2-4,9,11-12H,5-8,10H2,1H3. The molecule has 21 heavy (non-hydrogen) atoms. The van der Waals surface area contributed by atoms with E-state index in [1.54, 1.807) is 0 Å². The number of oxazole rings is 1. The van der Waals surface area contributed by atoms with Gasteiger partial charge in [-0.2, -0.15) is 0 Å². The Kier molecular flexibility index (Phi) is 3.90. The van der Waals surface area contributed by atoms with E-state index in [2.05, 4.69) is 41.1 Å². The molecule has 2 heterocycles. The van der Waals surface area contributed by atoms with Crippen LogP contribution in [-0.2, 0) is 11.2 Å². The molecule has 0 atom stereocenters. The molecule has 1 aromatic heterocycles. The third-order valence-corrected chi connectivity index (χ3v) is 3.81. The lowest BCUT2D eigenvalue weighted by atomic mass is 10.2. The van der Waals surface area contributed by atoms with Gasteiger partial charge in [-0.25, -0.2) is 4.98 Å². The average molecular weight is 285 g/mol. The number of hydrogen-bond acceptors (Lipinski definition) is 4. The molecule has 2 aromatic rings. The van der Waals surface area contributed by atoms with Crippen molar-refractivity contribution in [1.82, 2.24) is 9.88 Å². The van der Waals surface area contributed by atoms with Crippen molar-refractivity contribution in [3.8, 4) is 0 Å². The van der Waals surface area contributed by atoms with Gasteiger partial charge in [-0.15, -0.1) is 0 Å². The molecular formula is C16H19N3O2. The number of benzene rings is 1. The molecular weight excluding hydrogens is 266 g/mol. The second-order valence-electron chi connectivity index (χ2n) is 5.36. The highest BCUT2D eigenvalue weighted by Crippen LogP contribution is 2.18. The number of aromatic nitrogens is 1. The zero-order chi connectivity index (χ0) is 14.7. The Morgan fingerprint density at radius 2 is 2.10 bits per heavy atom. The summed E-state index contributed by atoms with van der Waals surface area (Å²) in [6.45, 7) is 5.35. The molecule has 0 bridgehead atoms. The smallest absolute Gasteiger partial charge is 0.228 e. The number of aryl methyl sites for hydroxylation is 1. The minimum atomic E-state index is 0.118. The van der Waals surface area contributed by atoms with Gasteiger partial charge in [0.2, 0.25) is 5.91 Å². The van der Waals surface area contributed by atoms with Crippen LogP contribution in [0, 0.1) is 6.92 Å². The molecule has 110 valence electrons. The Balaban J connectivity index is 1.56. The summed E-state index contributed by atoms with van der Waals surface area (Å²) < 4.78 is 4.90. The molecule has 1 aromatic carbocycles. The Hall–Kier alpha value is -2.30. The van der Waals surface area contributed by atoms with Crippen LogP contribution in [0.3, 0.4) is 0 Å². The average Bonchev–Trinajstić information content (AvgIpc) is 3.00. The highest BCUT2D eigenvalue weighted by atomic mass is 16.3. The number of anilines is 1. The van der Waals surface area contributed by atoms with Crippen molar-refractivity contribution in [2.75, 3.05) is 31.1 Å². The van der Waals surface area contributed by atoms with E-state index in [9.17, 15) is 4.79 Å². The SMILES string of the molecule is Cc1cccc(N2CCN(C(=O)Cc3cocn3)CC2)c1. The molecule has 1 saturated heterocycles. The fourth-order valence-electron chi connectivity index (χ4n) is 2.63. The van der Waals surface area contributed by atoms with E-state index in [1.165, 1.54) is 23.9 Å². The van der Waals surface area contributed by atoms with Gasteiger partial charge in [0.15, 0.2) is 6.39 Å². The van der Waals surface area contributed by atoms with Crippen LogP contribution < -0.4 is 4.90 Å². The molecule has 0 unspecified atom stereocenters.